The first-order chi connectivity index (χ1) is 10.0. The van der Waals surface area contributed by atoms with Gasteiger partial charge in [-0.25, -0.2) is 0 Å². The molecule has 0 atom stereocenters. The van der Waals surface area contributed by atoms with E-state index in [0.717, 1.165) is 6.04 Å². The molecule has 1 aliphatic rings. The highest BCUT2D eigenvalue weighted by Gasteiger charge is 2.26. The smallest absolute Gasteiger partial charge is 0.0125 e. The van der Waals surface area contributed by atoms with E-state index in [9.17, 15) is 0 Å². The summed E-state index contributed by atoms with van der Waals surface area (Å²) in [6.45, 7) is 13.0. The van der Waals surface area contributed by atoms with Crippen molar-refractivity contribution in [3.63, 3.8) is 0 Å². The summed E-state index contributed by atoms with van der Waals surface area (Å²) in [4.78, 5) is 2.63. The van der Waals surface area contributed by atoms with Crippen LogP contribution >= 0.6 is 0 Å². The molecular formula is C19H40N2. The van der Waals surface area contributed by atoms with Crippen LogP contribution in [-0.2, 0) is 0 Å². The highest BCUT2D eigenvalue weighted by Crippen LogP contribution is 2.20. The van der Waals surface area contributed by atoms with Gasteiger partial charge in [-0.3, -0.25) is 4.90 Å². The average Bonchev–Trinajstić information content (AvgIpc) is 2.45. The minimum Gasteiger partial charge on any atom is -0.314 e. The molecule has 0 saturated carbocycles. The highest BCUT2D eigenvalue weighted by atomic mass is 15.2. The van der Waals surface area contributed by atoms with Crippen molar-refractivity contribution in [1.82, 2.24) is 10.2 Å². The average molecular weight is 297 g/mol. The molecule has 2 heteroatoms. The Morgan fingerprint density at radius 1 is 0.857 bits per heavy atom. The molecular weight excluding hydrogens is 256 g/mol. The molecule has 1 N–H and O–H groups in total. The SMILES string of the molecule is CCCCCCCCCCNC1CCN(C(C)(C)C)CC1. The normalized spacial score (nSPS) is 18.3. The number of unbranched alkanes of at least 4 members (excludes halogenated alkanes) is 7. The predicted octanol–water partition coefficient (Wildman–Crippen LogP) is 4.98. The van der Waals surface area contributed by atoms with Gasteiger partial charge in [0.15, 0.2) is 0 Å². The maximum absolute atomic E-state index is 3.78. The van der Waals surface area contributed by atoms with Crippen molar-refractivity contribution in [1.29, 1.82) is 0 Å². The van der Waals surface area contributed by atoms with Gasteiger partial charge in [0, 0.05) is 24.7 Å². The molecule has 1 aliphatic heterocycles. The molecule has 2 nitrogen and oxygen atoms in total. The molecule has 0 amide bonds. The molecule has 0 spiro atoms. The molecule has 0 bridgehead atoms. The van der Waals surface area contributed by atoms with Crippen molar-refractivity contribution in [3.05, 3.63) is 0 Å². The maximum atomic E-state index is 3.78. The number of hydrogen-bond acceptors (Lipinski definition) is 2. The molecule has 1 rings (SSSR count). The van der Waals surface area contributed by atoms with E-state index in [1.54, 1.807) is 0 Å². The fraction of sp³-hybridized carbons (Fsp3) is 1.00. The second kappa shape index (κ2) is 10.6. The first-order valence-electron chi connectivity index (χ1n) is 9.52. The number of rotatable bonds is 10. The fourth-order valence-corrected chi connectivity index (χ4v) is 3.32. The summed E-state index contributed by atoms with van der Waals surface area (Å²) in [6.07, 6.45) is 14.0. The summed E-state index contributed by atoms with van der Waals surface area (Å²) < 4.78 is 0. The zero-order chi connectivity index (χ0) is 15.6. The van der Waals surface area contributed by atoms with Crippen LogP contribution in [0.3, 0.4) is 0 Å². The largest absolute Gasteiger partial charge is 0.314 e. The van der Waals surface area contributed by atoms with Crippen LogP contribution in [0.1, 0.15) is 91.9 Å². The first-order valence-corrected chi connectivity index (χ1v) is 9.52. The first kappa shape index (κ1) is 19.0. The number of nitrogens with one attached hydrogen (secondary N) is 1. The third-order valence-electron chi connectivity index (χ3n) is 4.91. The van der Waals surface area contributed by atoms with Gasteiger partial charge in [0.25, 0.3) is 0 Å². The van der Waals surface area contributed by atoms with Crippen LogP contribution < -0.4 is 5.32 Å². The van der Waals surface area contributed by atoms with Crippen molar-refractivity contribution in [2.24, 2.45) is 0 Å². The van der Waals surface area contributed by atoms with Gasteiger partial charge >= 0.3 is 0 Å². The standard InChI is InChI=1S/C19H40N2/c1-5-6-7-8-9-10-11-12-15-20-18-13-16-21(17-14-18)19(2,3)4/h18,20H,5-17H2,1-4H3. The van der Waals surface area contributed by atoms with E-state index < -0.39 is 0 Å². The summed E-state index contributed by atoms with van der Waals surface area (Å²) in [5.74, 6) is 0. The zero-order valence-electron chi connectivity index (χ0n) is 15.2. The summed E-state index contributed by atoms with van der Waals surface area (Å²) in [7, 11) is 0. The van der Waals surface area contributed by atoms with Crippen LogP contribution in [0, 0.1) is 0 Å². The van der Waals surface area contributed by atoms with Crippen LogP contribution in [-0.4, -0.2) is 36.1 Å². The third-order valence-corrected chi connectivity index (χ3v) is 4.91. The van der Waals surface area contributed by atoms with E-state index in [-0.39, 0.29) is 0 Å². The fourth-order valence-electron chi connectivity index (χ4n) is 3.32. The highest BCUT2D eigenvalue weighted by molar-refractivity contribution is 4.84. The lowest BCUT2D eigenvalue weighted by atomic mass is 9.98. The molecule has 0 aromatic heterocycles. The quantitative estimate of drug-likeness (QED) is 0.572. The molecule has 1 fully saturated rings. The van der Waals surface area contributed by atoms with Crippen LogP contribution in [0.25, 0.3) is 0 Å². The molecule has 0 aromatic carbocycles. The molecule has 0 aliphatic carbocycles. The molecule has 1 heterocycles. The number of likely N-dealkylation sites (tertiary alicyclic amines) is 1. The van der Waals surface area contributed by atoms with Gasteiger partial charge in [-0.2, -0.15) is 0 Å². The maximum Gasteiger partial charge on any atom is 0.0125 e. The van der Waals surface area contributed by atoms with Crippen LogP contribution in [0.4, 0.5) is 0 Å². The Labute approximate surface area is 134 Å². The molecule has 1 saturated heterocycles. The van der Waals surface area contributed by atoms with Gasteiger partial charge < -0.3 is 5.32 Å². The van der Waals surface area contributed by atoms with Gasteiger partial charge in [0.2, 0.25) is 0 Å². The third kappa shape index (κ3) is 8.83. The van der Waals surface area contributed by atoms with Gasteiger partial charge in [-0.1, -0.05) is 51.9 Å². The Morgan fingerprint density at radius 2 is 1.38 bits per heavy atom. The van der Waals surface area contributed by atoms with Crippen molar-refractivity contribution < 1.29 is 0 Å². The van der Waals surface area contributed by atoms with Crippen molar-refractivity contribution in [2.45, 2.75) is 103 Å². The number of hydrogen-bond donors (Lipinski definition) is 1. The van der Waals surface area contributed by atoms with Crippen molar-refractivity contribution in [2.75, 3.05) is 19.6 Å². The van der Waals surface area contributed by atoms with Crippen LogP contribution in [0.2, 0.25) is 0 Å². The zero-order valence-corrected chi connectivity index (χ0v) is 15.2. The van der Waals surface area contributed by atoms with Crippen LogP contribution in [0.5, 0.6) is 0 Å². The van der Waals surface area contributed by atoms with E-state index in [0.29, 0.717) is 5.54 Å². The molecule has 21 heavy (non-hydrogen) atoms. The van der Waals surface area contributed by atoms with Crippen LogP contribution in [0.15, 0.2) is 0 Å². The predicted molar refractivity (Wildman–Crippen MR) is 95.0 cm³/mol. The lowest BCUT2D eigenvalue weighted by molar-refractivity contribution is 0.0963. The lowest BCUT2D eigenvalue weighted by Crippen LogP contribution is -2.50. The van der Waals surface area contributed by atoms with E-state index in [1.807, 2.05) is 0 Å². The molecule has 0 unspecified atom stereocenters. The lowest BCUT2D eigenvalue weighted by Gasteiger charge is -2.41. The summed E-state index contributed by atoms with van der Waals surface area (Å²) in [5, 5.41) is 3.78. The van der Waals surface area contributed by atoms with Gasteiger partial charge in [-0.15, -0.1) is 0 Å². The van der Waals surface area contributed by atoms with Gasteiger partial charge in [0.05, 0.1) is 0 Å². The second-order valence-corrected chi connectivity index (χ2v) is 7.86. The minimum absolute atomic E-state index is 0.350. The topological polar surface area (TPSA) is 15.3 Å². The van der Waals surface area contributed by atoms with Crippen molar-refractivity contribution in [3.8, 4) is 0 Å². The number of nitrogens with zero attached hydrogens (tertiary/aromatic N) is 1. The Hall–Kier alpha value is -0.0800. The molecule has 0 radical (unpaired) electrons. The van der Waals surface area contributed by atoms with E-state index >= 15 is 0 Å². The Balaban J connectivity index is 1.91. The Kier molecular flexibility index (Phi) is 9.59. The minimum atomic E-state index is 0.350. The monoisotopic (exact) mass is 296 g/mol. The Morgan fingerprint density at radius 3 is 1.90 bits per heavy atom. The van der Waals surface area contributed by atoms with Crippen molar-refractivity contribution >= 4 is 0 Å². The summed E-state index contributed by atoms with van der Waals surface area (Å²) >= 11 is 0. The summed E-state index contributed by atoms with van der Waals surface area (Å²) in [6, 6.07) is 0.771. The van der Waals surface area contributed by atoms with E-state index in [1.165, 1.54) is 83.8 Å². The molecule has 126 valence electrons. The summed E-state index contributed by atoms with van der Waals surface area (Å²) in [5.41, 5.74) is 0.350. The second-order valence-electron chi connectivity index (χ2n) is 7.86. The van der Waals surface area contributed by atoms with E-state index in [2.05, 4.69) is 37.9 Å². The van der Waals surface area contributed by atoms with Gasteiger partial charge in [0.1, 0.15) is 0 Å². The van der Waals surface area contributed by atoms with Gasteiger partial charge in [-0.05, 0) is 46.6 Å². The number of piperidine rings is 1. The van der Waals surface area contributed by atoms with E-state index in [4.69, 9.17) is 0 Å². The molecule has 0 aromatic rings. The Bertz CT molecular complexity index is 236.